The Morgan fingerprint density at radius 2 is 1.93 bits per heavy atom. The van der Waals surface area contributed by atoms with E-state index >= 15 is 0 Å². The molecule has 1 aliphatic heterocycles. The van der Waals surface area contributed by atoms with Gasteiger partial charge in [-0.3, -0.25) is 9.89 Å². The maximum Gasteiger partial charge on any atom is 0.426 e. The Bertz CT molecular complexity index is 922. The third-order valence-electron chi connectivity index (χ3n) is 6.65. The minimum absolute atomic E-state index is 0.0282. The minimum Gasteiger partial charge on any atom is -0.373 e. The summed E-state index contributed by atoms with van der Waals surface area (Å²) in [7, 11) is 0. The molecule has 1 saturated heterocycles. The molecule has 2 N–H and O–H groups in total. The van der Waals surface area contributed by atoms with Crippen LogP contribution in [0.2, 0.25) is 0 Å². The van der Waals surface area contributed by atoms with E-state index in [0.717, 1.165) is 29.1 Å². The number of nitrogens with one attached hydrogen (secondary N) is 1. The predicted molar refractivity (Wildman–Crippen MR) is 103 cm³/mol. The molecular weight excluding hydrogens is 397 g/mol. The standard InChI is InChI=1S/C21H25F3N4O2/c1-13-12-28(18(29)19(2,30)21(22,23)24)11-8-15(13)20(9-10-20)17-25-16(26-27-17)14-6-4-3-5-7-14/h3-7,13,15,30H,8-12H2,1-2H3,(H,25,26,27). The monoisotopic (exact) mass is 422 g/mol. The van der Waals surface area contributed by atoms with E-state index in [1.165, 1.54) is 0 Å². The van der Waals surface area contributed by atoms with Gasteiger partial charge in [0.2, 0.25) is 5.60 Å². The first-order valence-electron chi connectivity index (χ1n) is 10.1. The Balaban J connectivity index is 1.49. The first-order valence-corrected chi connectivity index (χ1v) is 10.1. The quantitative estimate of drug-likeness (QED) is 0.792. The molecule has 2 heterocycles. The van der Waals surface area contributed by atoms with E-state index in [1.54, 1.807) is 0 Å². The minimum atomic E-state index is -5.00. The third kappa shape index (κ3) is 3.38. The van der Waals surface area contributed by atoms with Crippen LogP contribution in [-0.2, 0) is 10.2 Å². The van der Waals surface area contributed by atoms with Crippen molar-refractivity contribution in [2.75, 3.05) is 13.1 Å². The van der Waals surface area contributed by atoms with Gasteiger partial charge in [0, 0.05) is 24.1 Å². The molecule has 162 valence electrons. The van der Waals surface area contributed by atoms with Crippen LogP contribution in [0.25, 0.3) is 11.4 Å². The third-order valence-corrected chi connectivity index (χ3v) is 6.65. The molecule has 0 radical (unpaired) electrons. The molecule has 1 amide bonds. The average Bonchev–Trinajstić information content (AvgIpc) is 3.35. The van der Waals surface area contributed by atoms with Crippen LogP contribution in [-0.4, -0.2) is 56.0 Å². The highest BCUT2D eigenvalue weighted by Gasteiger charge is 2.59. The largest absolute Gasteiger partial charge is 0.426 e. The highest BCUT2D eigenvalue weighted by atomic mass is 19.4. The number of carbonyl (C=O) groups excluding carboxylic acids is 1. The Morgan fingerprint density at radius 1 is 1.27 bits per heavy atom. The van der Waals surface area contributed by atoms with Crippen molar-refractivity contribution in [1.29, 1.82) is 0 Å². The summed E-state index contributed by atoms with van der Waals surface area (Å²) in [5.74, 6) is 0.295. The molecule has 1 saturated carbocycles. The lowest BCUT2D eigenvalue weighted by atomic mass is 9.74. The number of likely N-dealkylation sites (tertiary alicyclic amines) is 1. The molecule has 0 spiro atoms. The number of aromatic amines is 1. The lowest BCUT2D eigenvalue weighted by Crippen LogP contribution is -2.59. The molecule has 6 nitrogen and oxygen atoms in total. The second kappa shape index (κ2) is 7.08. The van der Waals surface area contributed by atoms with Crippen LogP contribution >= 0.6 is 0 Å². The van der Waals surface area contributed by atoms with Crippen LogP contribution in [0.15, 0.2) is 30.3 Å². The molecule has 30 heavy (non-hydrogen) atoms. The van der Waals surface area contributed by atoms with Gasteiger partial charge in [0.05, 0.1) is 0 Å². The number of piperidine rings is 1. The summed E-state index contributed by atoms with van der Waals surface area (Å²) < 4.78 is 39.2. The fraction of sp³-hybridized carbons (Fsp3) is 0.571. The summed E-state index contributed by atoms with van der Waals surface area (Å²) >= 11 is 0. The van der Waals surface area contributed by atoms with Crippen molar-refractivity contribution in [3.05, 3.63) is 36.2 Å². The maximum absolute atomic E-state index is 13.1. The lowest BCUT2D eigenvalue weighted by molar-refractivity contribution is -0.251. The summed E-state index contributed by atoms with van der Waals surface area (Å²) in [5, 5.41) is 17.2. The summed E-state index contributed by atoms with van der Waals surface area (Å²) in [4.78, 5) is 18.2. The van der Waals surface area contributed by atoms with E-state index in [9.17, 15) is 23.1 Å². The fourth-order valence-corrected chi connectivity index (χ4v) is 4.70. The normalized spacial score (nSPS) is 25.6. The lowest BCUT2D eigenvalue weighted by Gasteiger charge is -2.42. The number of nitrogens with zero attached hydrogens (tertiary/aromatic N) is 3. The van der Waals surface area contributed by atoms with Crippen molar-refractivity contribution in [1.82, 2.24) is 20.1 Å². The van der Waals surface area contributed by atoms with Crippen molar-refractivity contribution in [3.63, 3.8) is 0 Å². The summed E-state index contributed by atoms with van der Waals surface area (Å²) in [6.45, 7) is 2.83. The van der Waals surface area contributed by atoms with Gasteiger partial charge in [-0.1, -0.05) is 37.3 Å². The van der Waals surface area contributed by atoms with Gasteiger partial charge < -0.3 is 10.0 Å². The zero-order chi connectivity index (χ0) is 21.7. The maximum atomic E-state index is 13.1. The van der Waals surface area contributed by atoms with Crippen molar-refractivity contribution in [2.24, 2.45) is 11.8 Å². The molecule has 2 aromatic rings. The van der Waals surface area contributed by atoms with E-state index in [0.29, 0.717) is 19.2 Å². The number of aliphatic hydroxyl groups is 1. The zero-order valence-corrected chi connectivity index (χ0v) is 16.9. The number of benzene rings is 1. The molecule has 1 aromatic carbocycles. The Labute approximate surface area is 172 Å². The smallest absolute Gasteiger partial charge is 0.373 e. The van der Waals surface area contributed by atoms with E-state index in [1.807, 2.05) is 37.3 Å². The van der Waals surface area contributed by atoms with Crippen LogP contribution in [0.5, 0.6) is 0 Å². The average molecular weight is 422 g/mol. The molecule has 9 heteroatoms. The van der Waals surface area contributed by atoms with Crippen LogP contribution in [0.1, 0.15) is 38.9 Å². The molecule has 3 unspecified atom stereocenters. The number of rotatable bonds is 4. The fourth-order valence-electron chi connectivity index (χ4n) is 4.70. The predicted octanol–water partition coefficient (Wildman–Crippen LogP) is 3.30. The van der Waals surface area contributed by atoms with E-state index < -0.39 is 17.7 Å². The highest BCUT2D eigenvalue weighted by molar-refractivity contribution is 5.85. The van der Waals surface area contributed by atoms with E-state index in [4.69, 9.17) is 4.98 Å². The van der Waals surface area contributed by atoms with Crippen LogP contribution in [0.3, 0.4) is 0 Å². The van der Waals surface area contributed by atoms with Gasteiger partial charge in [0.1, 0.15) is 5.82 Å². The molecule has 1 aliphatic carbocycles. The molecule has 1 aromatic heterocycles. The second-order valence-corrected chi connectivity index (χ2v) is 8.72. The Kier molecular flexibility index (Phi) is 4.91. The van der Waals surface area contributed by atoms with Gasteiger partial charge >= 0.3 is 6.18 Å². The molecule has 2 aliphatic rings. The van der Waals surface area contributed by atoms with Crippen LogP contribution in [0, 0.1) is 11.8 Å². The Morgan fingerprint density at radius 3 is 2.50 bits per heavy atom. The number of carbonyl (C=O) groups is 1. The Hall–Kier alpha value is -2.42. The van der Waals surface area contributed by atoms with Gasteiger partial charge in [0.25, 0.3) is 5.91 Å². The second-order valence-electron chi connectivity index (χ2n) is 8.72. The molecule has 2 fully saturated rings. The molecule has 0 bridgehead atoms. The van der Waals surface area contributed by atoms with Gasteiger partial charge in [-0.25, -0.2) is 4.98 Å². The number of alkyl halides is 3. The molecular formula is C21H25F3N4O2. The van der Waals surface area contributed by atoms with Crippen molar-refractivity contribution < 1.29 is 23.1 Å². The number of hydrogen-bond acceptors (Lipinski definition) is 4. The zero-order valence-electron chi connectivity index (χ0n) is 16.9. The molecule has 3 atom stereocenters. The first-order chi connectivity index (χ1) is 14.1. The summed E-state index contributed by atoms with van der Waals surface area (Å²) in [6.07, 6.45) is -2.59. The summed E-state index contributed by atoms with van der Waals surface area (Å²) in [5.41, 5.74) is -2.63. The van der Waals surface area contributed by atoms with Crippen LogP contribution < -0.4 is 0 Å². The summed E-state index contributed by atoms with van der Waals surface area (Å²) in [6, 6.07) is 9.63. The van der Waals surface area contributed by atoms with Gasteiger partial charge in [0.15, 0.2) is 5.82 Å². The van der Waals surface area contributed by atoms with E-state index in [-0.39, 0.29) is 30.3 Å². The molecule has 4 rings (SSSR count). The SMILES string of the molecule is CC1CN(C(=O)C(C)(O)C(F)(F)F)CCC1C1(c2nc(-c3ccccc3)n[nH]2)CC1. The topological polar surface area (TPSA) is 82.1 Å². The van der Waals surface area contributed by atoms with Gasteiger partial charge in [-0.05, 0) is 38.0 Å². The van der Waals surface area contributed by atoms with E-state index in [2.05, 4.69) is 10.2 Å². The number of amides is 1. The number of halogens is 3. The number of aromatic nitrogens is 3. The first kappa shape index (κ1) is 20.8. The number of H-pyrrole nitrogens is 1. The van der Waals surface area contributed by atoms with Gasteiger partial charge in [-0.2, -0.15) is 18.3 Å². The highest BCUT2D eigenvalue weighted by Crippen LogP contribution is 2.57. The van der Waals surface area contributed by atoms with Crippen molar-refractivity contribution in [3.8, 4) is 11.4 Å². The van der Waals surface area contributed by atoms with Crippen molar-refractivity contribution in [2.45, 2.75) is 50.3 Å². The van der Waals surface area contributed by atoms with Crippen LogP contribution in [0.4, 0.5) is 13.2 Å². The van der Waals surface area contributed by atoms with Gasteiger partial charge in [-0.15, -0.1) is 0 Å². The number of hydrogen-bond donors (Lipinski definition) is 2. The van der Waals surface area contributed by atoms with Crippen molar-refractivity contribution >= 4 is 5.91 Å².